The molecule has 1 aromatic rings. The molecule has 0 bridgehead atoms. The third-order valence-corrected chi connectivity index (χ3v) is 4.21. The lowest BCUT2D eigenvalue weighted by Gasteiger charge is -2.24. The maximum absolute atomic E-state index is 12.6. The van der Waals surface area contributed by atoms with Gasteiger partial charge in [-0.15, -0.1) is 0 Å². The summed E-state index contributed by atoms with van der Waals surface area (Å²) < 4.78 is 37.8. The predicted molar refractivity (Wildman–Crippen MR) is 72.4 cm³/mol. The molecule has 0 amide bonds. The van der Waals surface area contributed by atoms with E-state index in [1.807, 2.05) is 11.8 Å². The van der Waals surface area contributed by atoms with Crippen LogP contribution in [0.3, 0.4) is 0 Å². The molecule has 3 nitrogen and oxygen atoms in total. The highest BCUT2D eigenvalue weighted by atomic mass is 32.2. The normalized spacial score (nSPS) is 16.9. The minimum atomic E-state index is -4.54. The van der Waals surface area contributed by atoms with Crippen molar-refractivity contribution in [2.75, 3.05) is 16.8 Å². The third kappa shape index (κ3) is 3.59. The number of rotatable bonds is 3. The van der Waals surface area contributed by atoms with Crippen molar-refractivity contribution in [3.63, 3.8) is 0 Å². The van der Waals surface area contributed by atoms with Gasteiger partial charge in [-0.05, 0) is 42.5 Å². The summed E-state index contributed by atoms with van der Waals surface area (Å²) in [6.07, 6.45) is -2.78. The number of carboxylic acids is 1. The fourth-order valence-electron chi connectivity index (χ4n) is 2.09. The molecule has 1 aromatic carbocycles. The monoisotopic (exact) mass is 305 g/mol. The molecule has 20 heavy (non-hydrogen) atoms. The zero-order chi connectivity index (χ0) is 14.8. The highest BCUT2D eigenvalue weighted by Crippen LogP contribution is 2.32. The largest absolute Gasteiger partial charge is 0.478 e. The minimum absolute atomic E-state index is 0.117. The van der Waals surface area contributed by atoms with Gasteiger partial charge in [-0.1, -0.05) is 0 Å². The van der Waals surface area contributed by atoms with Gasteiger partial charge >= 0.3 is 12.1 Å². The summed E-state index contributed by atoms with van der Waals surface area (Å²) in [4.78, 5) is 11.1. The van der Waals surface area contributed by atoms with E-state index < -0.39 is 17.7 Å². The third-order valence-electron chi connectivity index (χ3n) is 3.16. The molecule has 2 N–H and O–H groups in total. The van der Waals surface area contributed by atoms with Crippen molar-refractivity contribution in [1.29, 1.82) is 0 Å². The molecule has 0 aromatic heterocycles. The van der Waals surface area contributed by atoms with Crippen molar-refractivity contribution in [3.05, 3.63) is 29.3 Å². The smallest absolute Gasteiger partial charge is 0.416 e. The van der Waals surface area contributed by atoms with Crippen LogP contribution in [0.1, 0.15) is 28.8 Å². The number of anilines is 1. The molecule has 110 valence electrons. The Morgan fingerprint density at radius 2 is 1.95 bits per heavy atom. The Morgan fingerprint density at radius 3 is 2.50 bits per heavy atom. The van der Waals surface area contributed by atoms with Crippen molar-refractivity contribution in [3.8, 4) is 0 Å². The average molecular weight is 305 g/mol. The maximum atomic E-state index is 12.6. The lowest BCUT2D eigenvalue weighted by atomic mass is 10.1. The molecule has 1 aliphatic rings. The van der Waals surface area contributed by atoms with Crippen LogP contribution in [0.2, 0.25) is 0 Å². The summed E-state index contributed by atoms with van der Waals surface area (Å²) in [5.41, 5.74) is -1.03. The van der Waals surface area contributed by atoms with E-state index in [1.54, 1.807) is 0 Å². The fourth-order valence-corrected chi connectivity index (χ4v) is 3.19. The first-order valence-electron chi connectivity index (χ1n) is 6.17. The summed E-state index contributed by atoms with van der Waals surface area (Å²) in [5, 5.41) is 12.1. The highest BCUT2D eigenvalue weighted by molar-refractivity contribution is 7.99. The average Bonchev–Trinajstić information content (AvgIpc) is 2.38. The second-order valence-corrected chi connectivity index (χ2v) is 5.82. The van der Waals surface area contributed by atoms with Crippen LogP contribution in [0.15, 0.2) is 18.2 Å². The second kappa shape index (κ2) is 5.95. The van der Waals surface area contributed by atoms with E-state index in [1.165, 1.54) is 6.07 Å². The van der Waals surface area contributed by atoms with E-state index in [0.29, 0.717) is 6.07 Å². The van der Waals surface area contributed by atoms with Gasteiger partial charge in [-0.2, -0.15) is 24.9 Å². The number of benzene rings is 1. The van der Waals surface area contributed by atoms with Crippen LogP contribution in [-0.2, 0) is 6.18 Å². The van der Waals surface area contributed by atoms with E-state index in [2.05, 4.69) is 5.32 Å². The van der Waals surface area contributed by atoms with E-state index in [9.17, 15) is 18.0 Å². The summed E-state index contributed by atoms with van der Waals surface area (Å²) in [6.45, 7) is 0. The molecule has 1 fully saturated rings. The zero-order valence-corrected chi connectivity index (χ0v) is 11.4. The van der Waals surface area contributed by atoms with Crippen molar-refractivity contribution >= 4 is 23.4 Å². The lowest BCUT2D eigenvalue weighted by molar-refractivity contribution is -0.137. The van der Waals surface area contributed by atoms with Gasteiger partial charge in [0.25, 0.3) is 0 Å². The number of aromatic carboxylic acids is 1. The van der Waals surface area contributed by atoms with Crippen LogP contribution < -0.4 is 5.32 Å². The minimum Gasteiger partial charge on any atom is -0.478 e. The fraction of sp³-hybridized carbons (Fsp3) is 0.462. The van der Waals surface area contributed by atoms with E-state index in [-0.39, 0.29) is 17.3 Å². The van der Waals surface area contributed by atoms with Gasteiger partial charge in [-0.3, -0.25) is 0 Å². The van der Waals surface area contributed by atoms with Gasteiger partial charge < -0.3 is 10.4 Å². The zero-order valence-electron chi connectivity index (χ0n) is 10.5. The number of carboxylic acid groups (broad SMARTS) is 1. The van der Waals surface area contributed by atoms with Crippen LogP contribution in [0.4, 0.5) is 18.9 Å². The molecular weight excluding hydrogens is 291 g/mol. The molecule has 1 saturated heterocycles. The van der Waals surface area contributed by atoms with E-state index in [0.717, 1.165) is 30.4 Å². The molecule has 0 saturated carbocycles. The van der Waals surface area contributed by atoms with Gasteiger partial charge in [0.1, 0.15) is 0 Å². The van der Waals surface area contributed by atoms with Gasteiger partial charge in [0.15, 0.2) is 0 Å². The number of alkyl halides is 3. The Hall–Kier alpha value is -1.37. The first-order valence-corrected chi connectivity index (χ1v) is 7.32. The molecular formula is C13H14F3NO2S. The SMILES string of the molecule is O=C(O)c1cc(C(F)(F)F)ccc1NC1CCSCC1. The number of hydrogen-bond acceptors (Lipinski definition) is 3. The van der Waals surface area contributed by atoms with Crippen LogP contribution >= 0.6 is 11.8 Å². The molecule has 0 spiro atoms. The Kier molecular flexibility index (Phi) is 4.47. The van der Waals surface area contributed by atoms with Gasteiger partial charge in [-0.25, -0.2) is 4.79 Å². The number of carbonyl (C=O) groups is 1. The Bertz CT molecular complexity index is 499. The van der Waals surface area contributed by atoms with Crippen molar-refractivity contribution in [1.82, 2.24) is 0 Å². The first kappa shape index (κ1) is 15.0. The number of hydrogen-bond donors (Lipinski definition) is 2. The van der Waals surface area contributed by atoms with E-state index >= 15 is 0 Å². The standard InChI is InChI=1S/C13H14F3NO2S/c14-13(15,16)8-1-2-11(10(7-8)12(18)19)17-9-3-5-20-6-4-9/h1-2,7,9,17H,3-6H2,(H,18,19). The molecule has 0 atom stereocenters. The van der Waals surface area contributed by atoms with Crippen LogP contribution in [0.5, 0.6) is 0 Å². The first-order chi connectivity index (χ1) is 9.38. The quantitative estimate of drug-likeness (QED) is 0.894. The van der Waals surface area contributed by atoms with Crippen molar-refractivity contribution in [2.45, 2.75) is 25.1 Å². The van der Waals surface area contributed by atoms with Crippen LogP contribution in [-0.4, -0.2) is 28.6 Å². The Balaban J connectivity index is 2.25. The molecule has 7 heteroatoms. The number of nitrogens with one attached hydrogen (secondary N) is 1. The predicted octanol–water partition coefficient (Wildman–Crippen LogP) is 3.71. The van der Waals surface area contributed by atoms with Crippen LogP contribution in [0, 0.1) is 0 Å². The maximum Gasteiger partial charge on any atom is 0.416 e. The number of halogens is 3. The van der Waals surface area contributed by atoms with Crippen molar-refractivity contribution < 1.29 is 23.1 Å². The summed E-state index contributed by atoms with van der Waals surface area (Å²) in [6, 6.07) is 2.91. The summed E-state index contributed by atoms with van der Waals surface area (Å²) >= 11 is 1.82. The summed E-state index contributed by atoms with van der Waals surface area (Å²) in [5.74, 6) is 0.588. The Labute approximate surface area is 118 Å². The summed E-state index contributed by atoms with van der Waals surface area (Å²) in [7, 11) is 0. The van der Waals surface area contributed by atoms with Gasteiger partial charge in [0.05, 0.1) is 11.1 Å². The molecule has 1 aliphatic heterocycles. The van der Waals surface area contributed by atoms with Crippen LogP contribution in [0.25, 0.3) is 0 Å². The second-order valence-electron chi connectivity index (χ2n) is 4.59. The van der Waals surface area contributed by atoms with Gasteiger partial charge in [0.2, 0.25) is 0 Å². The number of thioether (sulfide) groups is 1. The molecule has 2 rings (SSSR count). The molecule has 0 radical (unpaired) electrons. The highest BCUT2D eigenvalue weighted by Gasteiger charge is 2.32. The van der Waals surface area contributed by atoms with E-state index in [4.69, 9.17) is 5.11 Å². The van der Waals surface area contributed by atoms with Gasteiger partial charge in [0, 0.05) is 11.7 Å². The lowest BCUT2D eigenvalue weighted by Crippen LogP contribution is -2.25. The Morgan fingerprint density at radius 1 is 1.30 bits per heavy atom. The molecule has 0 aliphatic carbocycles. The topological polar surface area (TPSA) is 49.3 Å². The molecule has 0 unspecified atom stereocenters. The molecule has 1 heterocycles. The van der Waals surface area contributed by atoms with Crippen molar-refractivity contribution in [2.24, 2.45) is 0 Å².